The third-order valence-electron chi connectivity index (χ3n) is 8.58. The molecule has 0 radical (unpaired) electrons. The summed E-state index contributed by atoms with van der Waals surface area (Å²) in [7, 11) is 0. The number of carbonyl (C=O) groups excluding carboxylic acids is 4. The third kappa shape index (κ3) is 6.90. The summed E-state index contributed by atoms with van der Waals surface area (Å²) < 4.78 is 0. The second kappa shape index (κ2) is 13.1. The Balaban J connectivity index is 1.45. The molecule has 0 aromatic heterocycles. The SMILES string of the molecule is O=C1N[C@H](CC2CCCCC2)C(=O)N[C@@H](Cc2ccccc2)C(=O)N2CCC[C@@H]2C(=O)N[C@H]1Cc1ccccc1. The lowest BCUT2D eigenvalue weighted by Gasteiger charge is -2.33. The smallest absolute Gasteiger partial charge is 0.246 e. The van der Waals surface area contributed by atoms with Crippen LogP contribution < -0.4 is 16.0 Å². The number of carbonyl (C=O) groups is 4. The molecule has 3 fully saturated rings. The topological polar surface area (TPSA) is 108 Å². The second-order valence-corrected chi connectivity index (χ2v) is 11.5. The zero-order chi connectivity index (χ0) is 27.9. The molecule has 3 aliphatic rings. The van der Waals surface area contributed by atoms with Gasteiger partial charge in [-0.25, -0.2) is 0 Å². The molecule has 2 aromatic carbocycles. The van der Waals surface area contributed by atoms with Crippen LogP contribution in [0.2, 0.25) is 0 Å². The van der Waals surface area contributed by atoms with Crippen LogP contribution in [-0.2, 0) is 32.0 Å². The fourth-order valence-electron chi connectivity index (χ4n) is 6.41. The van der Waals surface area contributed by atoms with E-state index in [9.17, 15) is 19.2 Å². The van der Waals surface area contributed by atoms with Crippen LogP contribution in [0.4, 0.5) is 0 Å². The summed E-state index contributed by atoms with van der Waals surface area (Å²) >= 11 is 0. The van der Waals surface area contributed by atoms with Gasteiger partial charge in [0.05, 0.1) is 0 Å². The fraction of sp³-hybridized carbons (Fsp3) is 0.500. The van der Waals surface area contributed by atoms with Crippen molar-refractivity contribution in [3.05, 3.63) is 71.8 Å². The molecule has 2 saturated heterocycles. The summed E-state index contributed by atoms with van der Waals surface area (Å²) in [6, 6.07) is 16.0. The largest absolute Gasteiger partial charge is 0.342 e. The van der Waals surface area contributed by atoms with E-state index >= 15 is 0 Å². The van der Waals surface area contributed by atoms with Gasteiger partial charge in [-0.05, 0) is 36.3 Å². The molecule has 3 N–H and O–H groups in total. The number of benzene rings is 2. The molecule has 2 aromatic rings. The van der Waals surface area contributed by atoms with Gasteiger partial charge in [-0.2, -0.15) is 0 Å². The number of fused-ring (bicyclic) bond motifs is 1. The van der Waals surface area contributed by atoms with Crippen LogP contribution in [0.15, 0.2) is 60.7 Å². The predicted octanol–water partition coefficient (Wildman–Crippen LogP) is 2.90. The minimum atomic E-state index is -0.853. The number of hydrogen-bond donors (Lipinski definition) is 3. The normalized spacial score (nSPS) is 26.6. The first kappa shape index (κ1) is 27.9. The van der Waals surface area contributed by atoms with Gasteiger partial charge in [0.25, 0.3) is 0 Å². The Labute approximate surface area is 236 Å². The van der Waals surface area contributed by atoms with E-state index in [2.05, 4.69) is 16.0 Å². The highest BCUT2D eigenvalue weighted by Crippen LogP contribution is 2.28. The highest BCUT2D eigenvalue weighted by Gasteiger charge is 2.41. The molecule has 1 saturated carbocycles. The number of nitrogens with zero attached hydrogens (tertiary/aromatic N) is 1. The van der Waals surface area contributed by atoms with Crippen molar-refractivity contribution in [2.45, 2.75) is 88.4 Å². The summed E-state index contributed by atoms with van der Waals surface area (Å²) in [6.45, 7) is 0.444. The van der Waals surface area contributed by atoms with Crippen LogP contribution in [0.25, 0.3) is 0 Å². The standard InChI is InChI=1S/C32H40N4O4/c37-29-26(20-23-13-6-2-7-14-23)34-31(39)28-17-10-18-36(28)32(40)27(21-24-15-8-3-9-16-24)35-30(38)25(33-29)19-22-11-4-1-5-12-22/h2-3,6-9,13-16,22,25-28H,1,4-5,10-12,17-21H2,(H,33,37)(H,34,39)(H,35,38)/t25-,26+,27+,28-/m1/s1. The maximum absolute atomic E-state index is 13.9. The molecule has 1 aliphatic carbocycles. The molecule has 0 unspecified atom stereocenters. The van der Waals surface area contributed by atoms with Crippen molar-refractivity contribution in [3.8, 4) is 0 Å². The van der Waals surface area contributed by atoms with Gasteiger partial charge in [-0.1, -0.05) is 92.8 Å². The van der Waals surface area contributed by atoms with Gasteiger partial charge >= 0.3 is 0 Å². The average molecular weight is 545 g/mol. The van der Waals surface area contributed by atoms with Crippen molar-refractivity contribution in [1.29, 1.82) is 0 Å². The summed E-state index contributed by atoms with van der Waals surface area (Å²) in [4.78, 5) is 56.6. The molecule has 2 heterocycles. The Morgan fingerprint density at radius 3 is 1.80 bits per heavy atom. The van der Waals surface area contributed by atoms with Gasteiger partial charge in [-0.15, -0.1) is 0 Å². The van der Waals surface area contributed by atoms with Gasteiger partial charge < -0.3 is 20.9 Å². The van der Waals surface area contributed by atoms with Crippen molar-refractivity contribution in [2.75, 3.05) is 6.54 Å². The number of rotatable bonds is 6. The monoisotopic (exact) mass is 544 g/mol. The van der Waals surface area contributed by atoms with Gasteiger partial charge in [0.15, 0.2) is 0 Å². The van der Waals surface area contributed by atoms with Gasteiger partial charge in [0.2, 0.25) is 23.6 Å². The number of amides is 4. The minimum absolute atomic E-state index is 0.252. The maximum atomic E-state index is 13.9. The van der Waals surface area contributed by atoms with E-state index in [1.807, 2.05) is 60.7 Å². The van der Waals surface area contributed by atoms with Crippen molar-refractivity contribution < 1.29 is 19.2 Å². The molecule has 5 rings (SSSR count). The molecular weight excluding hydrogens is 504 g/mol. The van der Waals surface area contributed by atoms with Crippen LogP contribution in [0, 0.1) is 5.92 Å². The van der Waals surface area contributed by atoms with E-state index in [0.717, 1.165) is 36.8 Å². The Morgan fingerprint density at radius 2 is 1.15 bits per heavy atom. The minimum Gasteiger partial charge on any atom is -0.342 e. The van der Waals surface area contributed by atoms with Crippen molar-refractivity contribution in [2.24, 2.45) is 5.92 Å². The Morgan fingerprint density at radius 1 is 0.600 bits per heavy atom. The molecule has 0 bridgehead atoms. The molecule has 212 valence electrons. The van der Waals surface area contributed by atoms with Crippen LogP contribution >= 0.6 is 0 Å². The van der Waals surface area contributed by atoms with Crippen LogP contribution in [0.3, 0.4) is 0 Å². The molecule has 8 nitrogen and oxygen atoms in total. The summed E-state index contributed by atoms with van der Waals surface area (Å²) in [5.74, 6) is -0.960. The molecule has 0 spiro atoms. The highest BCUT2D eigenvalue weighted by molar-refractivity contribution is 5.98. The van der Waals surface area contributed by atoms with Crippen molar-refractivity contribution in [1.82, 2.24) is 20.9 Å². The number of hydrogen-bond acceptors (Lipinski definition) is 4. The predicted molar refractivity (Wildman–Crippen MR) is 152 cm³/mol. The molecule has 2 aliphatic heterocycles. The lowest BCUT2D eigenvalue weighted by molar-refractivity contribution is -0.143. The van der Waals surface area contributed by atoms with Gasteiger partial charge in [0, 0.05) is 19.4 Å². The zero-order valence-corrected chi connectivity index (χ0v) is 23.0. The number of nitrogens with one attached hydrogen (secondary N) is 3. The Hall–Kier alpha value is -3.68. The molecular formula is C32H40N4O4. The van der Waals surface area contributed by atoms with E-state index in [1.165, 1.54) is 6.42 Å². The van der Waals surface area contributed by atoms with Gasteiger partial charge in [0.1, 0.15) is 24.2 Å². The second-order valence-electron chi connectivity index (χ2n) is 11.5. The molecule has 8 heteroatoms. The van der Waals surface area contributed by atoms with E-state index < -0.39 is 24.2 Å². The highest BCUT2D eigenvalue weighted by atomic mass is 16.2. The van der Waals surface area contributed by atoms with Crippen LogP contribution in [0.1, 0.15) is 62.5 Å². The van der Waals surface area contributed by atoms with E-state index in [-0.39, 0.29) is 23.6 Å². The van der Waals surface area contributed by atoms with Crippen LogP contribution in [0.5, 0.6) is 0 Å². The Bertz CT molecular complexity index is 1180. The van der Waals surface area contributed by atoms with Crippen LogP contribution in [-0.4, -0.2) is 59.2 Å². The zero-order valence-electron chi connectivity index (χ0n) is 23.0. The first-order valence-electron chi connectivity index (χ1n) is 14.8. The third-order valence-corrected chi connectivity index (χ3v) is 8.58. The van der Waals surface area contributed by atoms with E-state index in [0.29, 0.717) is 44.6 Å². The lowest BCUT2D eigenvalue weighted by atomic mass is 9.84. The molecule has 4 atom stereocenters. The molecule has 40 heavy (non-hydrogen) atoms. The maximum Gasteiger partial charge on any atom is 0.246 e. The molecule has 4 amide bonds. The summed E-state index contributed by atoms with van der Waals surface area (Å²) in [6.07, 6.45) is 7.80. The van der Waals surface area contributed by atoms with E-state index in [4.69, 9.17) is 0 Å². The van der Waals surface area contributed by atoms with Crippen molar-refractivity contribution >= 4 is 23.6 Å². The first-order chi connectivity index (χ1) is 19.5. The van der Waals surface area contributed by atoms with Gasteiger partial charge in [-0.3, -0.25) is 19.2 Å². The summed E-state index contributed by atoms with van der Waals surface area (Å²) in [5, 5.41) is 8.95. The van der Waals surface area contributed by atoms with E-state index in [1.54, 1.807) is 4.90 Å². The summed E-state index contributed by atoms with van der Waals surface area (Å²) in [5.41, 5.74) is 1.83. The quantitative estimate of drug-likeness (QED) is 0.520. The average Bonchev–Trinajstić information content (AvgIpc) is 3.47. The first-order valence-corrected chi connectivity index (χ1v) is 14.8. The fourth-order valence-corrected chi connectivity index (χ4v) is 6.41. The lowest BCUT2D eigenvalue weighted by Crippen LogP contribution is -2.62. The Kier molecular flexibility index (Phi) is 9.14. The van der Waals surface area contributed by atoms with Crippen molar-refractivity contribution in [3.63, 3.8) is 0 Å².